The maximum atomic E-state index is 13.5. The lowest BCUT2D eigenvalue weighted by Crippen LogP contribution is -2.54. The highest BCUT2D eigenvalue weighted by atomic mass is 19.4. The van der Waals surface area contributed by atoms with E-state index in [0.29, 0.717) is 17.5 Å². The summed E-state index contributed by atoms with van der Waals surface area (Å²) >= 11 is 0. The predicted octanol–water partition coefficient (Wildman–Crippen LogP) is 5.18. The molecule has 9 rings (SSSR count). The van der Waals surface area contributed by atoms with Gasteiger partial charge in [-0.2, -0.15) is 23.5 Å². The van der Waals surface area contributed by atoms with Crippen molar-refractivity contribution in [2.24, 2.45) is 5.92 Å². The molecule has 1 aliphatic carbocycles. The largest absolute Gasteiger partial charge is 0.417 e. The van der Waals surface area contributed by atoms with Gasteiger partial charge < -0.3 is 15.1 Å². The minimum absolute atomic E-state index is 0.0635. The molecule has 298 valence electrons. The molecule has 4 saturated heterocycles. The summed E-state index contributed by atoms with van der Waals surface area (Å²) in [7, 11) is 0. The van der Waals surface area contributed by atoms with Gasteiger partial charge in [0, 0.05) is 42.6 Å². The second-order valence-electron chi connectivity index (χ2n) is 16.5. The number of anilines is 2. The van der Waals surface area contributed by atoms with E-state index in [0.717, 1.165) is 86.4 Å². The van der Waals surface area contributed by atoms with E-state index in [4.69, 9.17) is 5.26 Å². The van der Waals surface area contributed by atoms with Crippen LogP contribution in [0.4, 0.5) is 24.5 Å². The highest BCUT2D eigenvalue weighted by molar-refractivity contribution is 6.23. The number of amides is 5. The number of rotatable bonds is 7. The molecular formula is C41H43F3N8O5. The lowest BCUT2D eigenvalue weighted by atomic mass is 9.89. The highest BCUT2D eigenvalue weighted by Crippen LogP contribution is 2.41. The van der Waals surface area contributed by atoms with Gasteiger partial charge in [0.15, 0.2) is 0 Å². The van der Waals surface area contributed by atoms with Crippen LogP contribution in [-0.2, 0) is 26.1 Å². The van der Waals surface area contributed by atoms with Crippen molar-refractivity contribution in [2.45, 2.75) is 101 Å². The fourth-order valence-electron chi connectivity index (χ4n) is 9.38. The maximum Gasteiger partial charge on any atom is 0.417 e. The molecule has 16 heteroatoms. The van der Waals surface area contributed by atoms with Gasteiger partial charge in [0.25, 0.3) is 17.7 Å². The van der Waals surface area contributed by atoms with Gasteiger partial charge in [-0.15, -0.1) is 0 Å². The van der Waals surface area contributed by atoms with Gasteiger partial charge in [-0.1, -0.05) is 0 Å². The van der Waals surface area contributed by atoms with Crippen molar-refractivity contribution in [3.8, 4) is 6.07 Å². The molecule has 4 unspecified atom stereocenters. The lowest BCUT2D eigenvalue weighted by molar-refractivity contribution is -0.138. The molecule has 5 amide bonds. The van der Waals surface area contributed by atoms with Crippen LogP contribution in [0.2, 0.25) is 0 Å². The number of aromatic nitrogens is 2. The molecule has 6 heterocycles. The van der Waals surface area contributed by atoms with Crippen LogP contribution < -0.4 is 15.5 Å². The Morgan fingerprint density at radius 1 is 0.930 bits per heavy atom. The minimum Gasteiger partial charge on any atom is -0.368 e. The molecule has 1 saturated carbocycles. The van der Waals surface area contributed by atoms with Gasteiger partial charge in [-0.05, 0) is 126 Å². The average molecular weight is 785 g/mol. The molecule has 4 atom stereocenters. The summed E-state index contributed by atoms with van der Waals surface area (Å²) in [6, 6.07) is 9.67. The number of carbonyl (C=O) groups is 5. The van der Waals surface area contributed by atoms with E-state index in [9.17, 15) is 37.1 Å². The number of hydrogen-bond donors (Lipinski definition) is 2. The zero-order chi connectivity index (χ0) is 40.4. The van der Waals surface area contributed by atoms with Crippen LogP contribution in [-0.4, -0.2) is 86.9 Å². The molecule has 2 bridgehead atoms. The van der Waals surface area contributed by atoms with Gasteiger partial charge >= 0.3 is 6.18 Å². The number of nitrogens with zero attached hydrogens (tertiary/aromatic N) is 6. The summed E-state index contributed by atoms with van der Waals surface area (Å²) < 4.78 is 42.1. The Kier molecular flexibility index (Phi) is 9.70. The standard InChI is InChI=1S/C41H43F3N8O5/c1-40(2,39(57)47-27-5-4-25(19-45)33(16-27)41(42,43)44)51-22-26(20-46-51)24-11-13-49(14-12-24)30-15-23-3-6-28(17-30)50(21-23)29-7-8-31-32(18-29)38(56)52(37(31)55)34-9-10-35(53)48-36(34)54/h4-5,7-8,16,18,20,22-24,28,30,34H,3,6,9-15,17,21H2,1-2H3,(H,47,57)(H,48,53,54). The average Bonchev–Trinajstić information content (AvgIpc) is 3.64. The minimum atomic E-state index is -4.74. The van der Waals surface area contributed by atoms with Crippen molar-refractivity contribution >= 4 is 40.9 Å². The van der Waals surface area contributed by atoms with E-state index in [-0.39, 0.29) is 36.1 Å². The SMILES string of the molecule is CC(C)(C(=O)Nc1ccc(C#N)c(C(F)(F)F)c1)n1cc(C2CCN(C3CC4CCC(C3)N(c3ccc5c(c3)C(=O)N(C3CCC(=O)NC3=O)C5=O)C4)CC2)cn1. The first-order valence-electron chi connectivity index (χ1n) is 19.5. The van der Waals surface area contributed by atoms with Crippen molar-refractivity contribution in [1.82, 2.24) is 24.9 Å². The number of carbonyl (C=O) groups excluding carboxylic acids is 5. The van der Waals surface area contributed by atoms with Crippen molar-refractivity contribution in [1.29, 1.82) is 5.26 Å². The van der Waals surface area contributed by atoms with Crippen LogP contribution in [0.25, 0.3) is 0 Å². The summed E-state index contributed by atoms with van der Waals surface area (Å²) in [5.74, 6) is -1.90. The predicted molar refractivity (Wildman–Crippen MR) is 200 cm³/mol. The lowest BCUT2D eigenvalue weighted by Gasteiger charge is -2.39. The van der Waals surface area contributed by atoms with Crippen molar-refractivity contribution in [2.75, 3.05) is 29.9 Å². The molecule has 0 radical (unpaired) electrons. The second kappa shape index (κ2) is 14.4. The number of imide groups is 2. The molecular weight excluding hydrogens is 741 g/mol. The Morgan fingerprint density at radius 3 is 2.40 bits per heavy atom. The number of nitrogens with one attached hydrogen (secondary N) is 2. The van der Waals surface area contributed by atoms with Gasteiger partial charge in [0.1, 0.15) is 11.6 Å². The molecule has 1 aromatic heterocycles. The van der Waals surface area contributed by atoms with Crippen LogP contribution >= 0.6 is 0 Å². The van der Waals surface area contributed by atoms with Gasteiger partial charge in [0.05, 0.1) is 34.5 Å². The molecule has 0 spiro atoms. The van der Waals surface area contributed by atoms with Crippen LogP contribution in [0.5, 0.6) is 0 Å². The monoisotopic (exact) mass is 784 g/mol. The first-order chi connectivity index (χ1) is 27.1. The maximum absolute atomic E-state index is 13.5. The number of halogens is 3. The first kappa shape index (κ1) is 38.3. The van der Waals surface area contributed by atoms with Crippen LogP contribution in [0.3, 0.4) is 0 Å². The number of nitriles is 1. The van der Waals surface area contributed by atoms with Crippen molar-refractivity contribution in [3.05, 3.63) is 76.6 Å². The summed E-state index contributed by atoms with van der Waals surface area (Å²) in [6.07, 6.45) is 5.05. The number of likely N-dealkylation sites (tertiary alicyclic amines) is 1. The molecule has 5 fully saturated rings. The van der Waals surface area contributed by atoms with Crippen LogP contribution in [0.1, 0.15) is 109 Å². The van der Waals surface area contributed by atoms with Crippen molar-refractivity contribution < 1.29 is 37.1 Å². The molecule has 13 nitrogen and oxygen atoms in total. The number of benzene rings is 2. The third-order valence-corrected chi connectivity index (χ3v) is 12.7. The Balaban J connectivity index is 0.890. The molecule has 6 aliphatic rings. The zero-order valence-corrected chi connectivity index (χ0v) is 31.6. The summed E-state index contributed by atoms with van der Waals surface area (Å²) in [4.78, 5) is 70.4. The number of piperidine rings is 3. The fourth-order valence-corrected chi connectivity index (χ4v) is 9.38. The van der Waals surface area contributed by atoms with Crippen LogP contribution in [0.15, 0.2) is 48.8 Å². The molecule has 2 aromatic carbocycles. The quantitative estimate of drug-likeness (QED) is 0.308. The smallest absolute Gasteiger partial charge is 0.368 e. The van der Waals surface area contributed by atoms with Gasteiger partial charge in [0.2, 0.25) is 11.8 Å². The van der Waals surface area contributed by atoms with E-state index in [1.807, 2.05) is 12.3 Å². The molecule has 57 heavy (non-hydrogen) atoms. The second-order valence-corrected chi connectivity index (χ2v) is 16.5. The Hall–Kier alpha value is -5.56. The van der Waals surface area contributed by atoms with Gasteiger partial charge in [-0.25, -0.2) is 0 Å². The van der Waals surface area contributed by atoms with E-state index in [1.54, 1.807) is 42.9 Å². The fraction of sp³-hybridized carbons (Fsp3) is 0.488. The normalized spacial score (nSPS) is 24.6. The van der Waals surface area contributed by atoms with Gasteiger partial charge in [-0.3, -0.25) is 38.9 Å². The zero-order valence-electron chi connectivity index (χ0n) is 31.6. The Labute approximate surface area is 327 Å². The topological polar surface area (TPSA) is 161 Å². The van der Waals surface area contributed by atoms with E-state index in [1.165, 1.54) is 6.07 Å². The summed E-state index contributed by atoms with van der Waals surface area (Å²) in [6.45, 7) is 5.95. The van der Waals surface area contributed by atoms with E-state index < -0.39 is 58.4 Å². The first-order valence-corrected chi connectivity index (χ1v) is 19.5. The van der Waals surface area contributed by atoms with Crippen LogP contribution in [0, 0.1) is 17.2 Å². The Bertz CT molecular complexity index is 2200. The third kappa shape index (κ3) is 7.06. The van der Waals surface area contributed by atoms with Crippen molar-refractivity contribution in [3.63, 3.8) is 0 Å². The van der Waals surface area contributed by atoms with E-state index >= 15 is 0 Å². The number of alkyl halides is 3. The number of hydrogen-bond acceptors (Lipinski definition) is 9. The summed E-state index contributed by atoms with van der Waals surface area (Å²) in [5, 5.41) is 18.4. The molecule has 3 aromatic rings. The Morgan fingerprint density at radius 2 is 1.68 bits per heavy atom. The molecule has 5 aliphatic heterocycles. The molecule has 2 N–H and O–H groups in total. The highest BCUT2D eigenvalue weighted by Gasteiger charge is 2.46. The third-order valence-electron chi connectivity index (χ3n) is 12.7. The number of fused-ring (bicyclic) bond motifs is 5. The summed E-state index contributed by atoms with van der Waals surface area (Å²) in [5.41, 5.74) is -0.452. The van der Waals surface area contributed by atoms with E-state index in [2.05, 4.69) is 25.5 Å².